The number of hydrogen-bond acceptors (Lipinski definition) is 3. The van der Waals surface area contributed by atoms with Crippen LogP contribution in [-0.2, 0) is 23.5 Å². The molecule has 2 rings (SSSR count). The van der Waals surface area contributed by atoms with Crippen LogP contribution in [-0.4, -0.2) is 30.8 Å². The van der Waals surface area contributed by atoms with Crippen LogP contribution in [0.5, 0.6) is 0 Å². The number of rotatable bonds is 9. The van der Waals surface area contributed by atoms with E-state index in [1.54, 1.807) is 6.92 Å². The lowest BCUT2D eigenvalue weighted by Crippen LogP contribution is -2.44. The fraction of sp³-hybridized carbons (Fsp3) is 0.409. The highest BCUT2D eigenvalue weighted by molar-refractivity contribution is 5.79. The van der Waals surface area contributed by atoms with Crippen LogP contribution in [0.3, 0.4) is 0 Å². The minimum atomic E-state index is -0.974. The zero-order valence-corrected chi connectivity index (χ0v) is 16.5. The van der Waals surface area contributed by atoms with Crippen molar-refractivity contribution in [2.45, 2.75) is 39.5 Å². The van der Waals surface area contributed by atoms with Crippen LogP contribution >= 0.6 is 0 Å². The Labute approximate surface area is 162 Å². The summed E-state index contributed by atoms with van der Waals surface area (Å²) < 4.78 is 5.42. The number of ether oxygens (including phenoxy) is 1. The van der Waals surface area contributed by atoms with Crippen molar-refractivity contribution in [1.82, 2.24) is 10.6 Å². The summed E-state index contributed by atoms with van der Waals surface area (Å²) in [6, 6.07) is 17.9. The molecule has 0 heterocycles. The maximum Gasteiger partial charge on any atom is 0.191 e. The van der Waals surface area contributed by atoms with Crippen molar-refractivity contribution in [2.24, 2.45) is 4.99 Å². The predicted octanol–water partition coefficient (Wildman–Crippen LogP) is 3.19. The van der Waals surface area contributed by atoms with Crippen LogP contribution in [0.2, 0.25) is 0 Å². The fourth-order valence-corrected chi connectivity index (χ4v) is 2.63. The summed E-state index contributed by atoms with van der Waals surface area (Å²) in [4.78, 5) is 4.62. The van der Waals surface area contributed by atoms with Gasteiger partial charge in [-0.2, -0.15) is 0 Å². The van der Waals surface area contributed by atoms with E-state index < -0.39 is 5.60 Å². The Morgan fingerprint density at radius 2 is 1.67 bits per heavy atom. The molecule has 27 heavy (non-hydrogen) atoms. The quantitative estimate of drug-likeness (QED) is 0.469. The first-order valence-electron chi connectivity index (χ1n) is 9.50. The van der Waals surface area contributed by atoms with Gasteiger partial charge in [-0.05, 0) is 37.5 Å². The molecule has 2 aromatic carbocycles. The third-order valence-corrected chi connectivity index (χ3v) is 4.26. The van der Waals surface area contributed by atoms with Crippen LogP contribution in [0.25, 0.3) is 0 Å². The van der Waals surface area contributed by atoms with Crippen molar-refractivity contribution in [1.29, 1.82) is 0 Å². The second kappa shape index (κ2) is 10.7. The van der Waals surface area contributed by atoms with E-state index in [2.05, 4.69) is 39.9 Å². The Kier molecular flexibility index (Phi) is 8.30. The maximum absolute atomic E-state index is 10.7. The molecule has 1 atom stereocenters. The van der Waals surface area contributed by atoms with Crippen LogP contribution in [0.15, 0.2) is 59.6 Å². The molecule has 5 nitrogen and oxygen atoms in total. The van der Waals surface area contributed by atoms with E-state index in [0.717, 1.165) is 29.8 Å². The van der Waals surface area contributed by atoms with E-state index in [-0.39, 0.29) is 0 Å². The molecule has 3 N–H and O–H groups in total. The highest BCUT2D eigenvalue weighted by Gasteiger charge is 2.22. The molecule has 0 amide bonds. The number of nitrogens with one attached hydrogen (secondary N) is 2. The largest absolute Gasteiger partial charge is 0.384 e. The number of nitrogens with zero attached hydrogens (tertiary/aromatic N) is 1. The van der Waals surface area contributed by atoms with Crippen LogP contribution in [0.1, 0.15) is 37.5 Å². The molecule has 0 aliphatic rings. The highest BCUT2D eigenvalue weighted by atomic mass is 16.5. The molecule has 0 aromatic heterocycles. The number of guanidine groups is 1. The summed E-state index contributed by atoms with van der Waals surface area (Å²) in [6.07, 6.45) is 0. The highest BCUT2D eigenvalue weighted by Crippen LogP contribution is 2.18. The Morgan fingerprint density at radius 3 is 2.30 bits per heavy atom. The third kappa shape index (κ3) is 7.04. The number of hydrogen-bond donors (Lipinski definition) is 3. The van der Waals surface area contributed by atoms with E-state index >= 15 is 0 Å². The molecular formula is C22H31N3O2. The topological polar surface area (TPSA) is 65.9 Å². The van der Waals surface area contributed by atoms with Gasteiger partial charge in [0.2, 0.25) is 0 Å². The second-order valence-corrected chi connectivity index (χ2v) is 6.64. The van der Waals surface area contributed by atoms with Gasteiger partial charge in [-0.15, -0.1) is 0 Å². The van der Waals surface area contributed by atoms with Crippen LogP contribution in [0, 0.1) is 0 Å². The lowest BCUT2D eigenvalue weighted by Gasteiger charge is -2.25. The first-order chi connectivity index (χ1) is 13.0. The lowest BCUT2D eigenvalue weighted by atomic mass is 9.96. The Morgan fingerprint density at radius 1 is 1.00 bits per heavy atom. The summed E-state index contributed by atoms with van der Waals surface area (Å²) in [5, 5.41) is 17.2. The lowest BCUT2D eigenvalue weighted by molar-refractivity contribution is 0.0617. The Bertz CT molecular complexity index is 697. The van der Waals surface area contributed by atoms with Crippen molar-refractivity contribution >= 4 is 5.96 Å². The predicted molar refractivity (Wildman–Crippen MR) is 111 cm³/mol. The number of aliphatic hydroxyl groups is 1. The Hall–Kier alpha value is -2.37. The fourth-order valence-electron chi connectivity index (χ4n) is 2.63. The van der Waals surface area contributed by atoms with E-state index in [1.165, 1.54) is 0 Å². The average molecular weight is 370 g/mol. The molecule has 5 heteroatoms. The molecule has 0 saturated carbocycles. The van der Waals surface area contributed by atoms with E-state index in [0.29, 0.717) is 25.7 Å². The molecule has 146 valence electrons. The molecule has 0 aliphatic carbocycles. The molecule has 0 bridgehead atoms. The average Bonchev–Trinajstić information content (AvgIpc) is 2.70. The molecule has 2 aromatic rings. The third-order valence-electron chi connectivity index (χ3n) is 4.26. The SMILES string of the molecule is CCNC(=NCc1ccc(COCC)cc1)NCC(C)(O)c1ccccc1. The zero-order chi connectivity index (χ0) is 19.5. The smallest absolute Gasteiger partial charge is 0.191 e. The Balaban J connectivity index is 1.95. The van der Waals surface area contributed by atoms with Gasteiger partial charge < -0.3 is 20.5 Å². The minimum Gasteiger partial charge on any atom is -0.384 e. The monoisotopic (exact) mass is 369 g/mol. The van der Waals surface area contributed by atoms with Gasteiger partial charge in [0.05, 0.1) is 19.7 Å². The first kappa shape index (κ1) is 20.9. The van der Waals surface area contributed by atoms with Crippen molar-refractivity contribution in [3.63, 3.8) is 0 Å². The van der Waals surface area contributed by atoms with Crippen molar-refractivity contribution in [3.05, 3.63) is 71.3 Å². The van der Waals surface area contributed by atoms with Gasteiger partial charge in [0.15, 0.2) is 5.96 Å². The molecule has 0 radical (unpaired) electrons. The number of benzene rings is 2. The summed E-state index contributed by atoms with van der Waals surface area (Å²) in [7, 11) is 0. The molecule has 0 saturated heterocycles. The molecule has 0 spiro atoms. The van der Waals surface area contributed by atoms with Crippen LogP contribution < -0.4 is 10.6 Å². The van der Waals surface area contributed by atoms with Gasteiger partial charge in [-0.3, -0.25) is 0 Å². The maximum atomic E-state index is 10.7. The normalized spacial score (nSPS) is 13.9. The molecular weight excluding hydrogens is 338 g/mol. The second-order valence-electron chi connectivity index (χ2n) is 6.64. The summed E-state index contributed by atoms with van der Waals surface area (Å²) in [5.74, 6) is 0.687. The van der Waals surface area contributed by atoms with E-state index in [1.807, 2.05) is 44.2 Å². The standard InChI is InChI=1S/C22H31N3O2/c1-4-23-21(25-17-22(3,26)20-9-7-6-8-10-20)24-15-18-11-13-19(14-12-18)16-27-5-2/h6-14,26H,4-5,15-17H2,1-3H3,(H2,23,24,25). The molecule has 0 aliphatic heterocycles. The van der Waals surface area contributed by atoms with Gasteiger partial charge in [0.25, 0.3) is 0 Å². The van der Waals surface area contributed by atoms with Crippen molar-refractivity contribution in [3.8, 4) is 0 Å². The number of aliphatic imine (C=N–C) groups is 1. The summed E-state index contributed by atoms with van der Waals surface area (Å²) in [6.45, 7) is 8.87. The van der Waals surface area contributed by atoms with Gasteiger partial charge in [-0.1, -0.05) is 54.6 Å². The van der Waals surface area contributed by atoms with Gasteiger partial charge in [0.1, 0.15) is 5.60 Å². The minimum absolute atomic E-state index is 0.371. The van der Waals surface area contributed by atoms with Crippen LogP contribution in [0.4, 0.5) is 0 Å². The van der Waals surface area contributed by atoms with Gasteiger partial charge in [0, 0.05) is 13.2 Å². The molecule has 1 unspecified atom stereocenters. The summed E-state index contributed by atoms with van der Waals surface area (Å²) >= 11 is 0. The summed E-state index contributed by atoms with van der Waals surface area (Å²) in [5.41, 5.74) is 2.19. The first-order valence-corrected chi connectivity index (χ1v) is 9.50. The van der Waals surface area contributed by atoms with Gasteiger partial charge in [-0.25, -0.2) is 4.99 Å². The molecule has 0 fully saturated rings. The van der Waals surface area contributed by atoms with E-state index in [4.69, 9.17) is 4.74 Å². The van der Waals surface area contributed by atoms with Gasteiger partial charge >= 0.3 is 0 Å². The zero-order valence-electron chi connectivity index (χ0n) is 16.5. The van der Waals surface area contributed by atoms with Crippen molar-refractivity contribution in [2.75, 3.05) is 19.7 Å². The van der Waals surface area contributed by atoms with E-state index in [9.17, 15) is 5.11 Å². The van der Waals surface area contributed by atoms with Crippen molar-refractivity contribution < 1.29 is 9.84 Å².